The Bertz CT molecular complexity index is 1070. The summed E-state index contributed by atoms with van der Waals surface area (Å²) in [6, 6.07) is 22.8. The summed E-state index contributed by atoms with van der Waals surface area (Å²) < 4.78 is 5.41. The first-order chi connectivity index (χ1) is 15.5. The molecule has 0 radical (unpaired) electrons. The van der Waals surface area contributed by atoms with Crippen molar-refractivity contribution in [2.45, 2.75) is 6.04 Å². The van der Waals surface area contributed by atoms with Gasteiger partial charge in [-0.2, -0.15) is 0 Å². The maximum absolute atomic E-state index is 11.8. The van der Waals surface area contributed by atoms with Crippen molar-refractivity contribution in [2.24, 2.45) is 0 Å². The van der Waals surface area contributed by atoms with Gasteiger partial charge in [0.15, 0.2) is 0 Å². The highest BCUT2D eigenvalue weighted by Crippen LogP contribution is 2.35. The highest BCUT2D eigenvalue weighted by atomic mass is 16.6. The van der Waals surface area contributed by atoms with E-state index >= 15 is 0 Å². The average Bonchev–Trinajstić information content (AvgIpc) is 2.83. The van der Waals surface area contributed by atoms with Gasteiger partial charge in [-0.1, -0.05) is 42.5 Å². The largest absolute Gasteiger partial charge is 0.497 e. The van der Waals surface area contributed by atoms with Crippen LogP contribution in [0, 0.1) is 10.1 Å². The molecule has 0 aliphatic carbocycles. The zero-order valence-electron chi connectivity index (χ0n) is 18.4. The number of nitrogens with one attached hydrogen (secondary N) is 1. The molecule has 1 fully saturated rings. The molecule has 0 bridgehead atoms. The number of likely N-dealkylation sites (N-methyl/N-ethyl adjacent to an activating group) is 1. The third kappa shape index (κ3) is 4.84. The SMILES string of the molecule is COc1cccc(C(Nc2cc(N3CCN(C)CC3)ccc2[N+](=O)[O-])c2ccccc2)c1. The van der Waals surface area contributed by atoms with Crippen LogP contribution in [0.4, 0.5) is 17.1 Å². The predicted molar refractivity (Wildman–Crippen MR) is 128 cm³/mol. The molecule has 1 N–H and O–H groups in total. The van der Waals surface area contributed by atoms with Crippen LogP contribution in [0.25, 0.3) is 0 Å². The lowest BCUT2D eigenvalue weighted by Crippen LogP contribution is -2.44. The van der Waals surface area contributed by atoms with Crippen LogP contribution in [0.1, 0.15) is 17.2 Å². The monoisotopic (exact) mass is 432 g/mol. The fraction of sp³-hybridized carbons (Fsp3) is 0.280. The highest BCUT2D eigenvalue weighted by molar-refractivity contribution is 5.70. The number of nitro groups is 1. The maximum Gasteiger partial charge on any atom is 0.292 e. The third-order valence-corrected chi connectivity index (χ3v) is 5.91. The number of piperazine rings is 1. The smallest absolute Gasteiger partial charge is 0.292 e. The van der Waals surface area contributed by atoms with Crippen molar-refractivity contribution >= 4 is 17.1 Å². The summed E-state index contributed by atoms with van der Waals surface area (Å²) in [6.07, 6.45) is 0. The summed E-state index contributed by atoms with van der Waals surface area (Å²) in [5, 5.41) is 15.3. The number of ether oxygens (including phenoxy) is 1. The van der Waals surface area contributed by atoms with Gasteiger partial charge in [0.1, 0.15) is 11.4 Å². The molecule has 7 heteroatoms. The molecule has 1 saturated heterocycles. The molecule has 0 spiro atoms. The van der Waals surface area contributed by atoms with Crippen LogP contribution < -0.4 is 15.0 Å². The Hall–Kier alpha value is -3.58. The molecule has 32 heavy (non-hydrogen) atoms. The second-order valence-corrected chi connectivity index (χ2v) is 8.01. The summed E-state index contributed by atoms with van der Waals surface area (Å²) >= 11 is 0. The normalized spacial score (nSPS) is 15.2. The molecule has 0 amide bonds. The van der Waals surface area contributed by atoms with E-state index in [1.165, 1.54) is 0 Å². The predicted octanol–water partition coefficient (Wildman–Crippen LogP) is 4.56. The van der Waals surface area contributed by atoms with Crippen molar-refractivity contribution in [3.63, 3.8) is 0 Å². The number of hydrogen-bond acceptors (Lipinski definition) is 6. The van der Waals surface area contributed by atoms with Gasteiger partial charge in [0.25, 0.3) is 5.69 Å². The maximum atomic E-state index is 11.8. The van der Waals surface area contributed by atoms with Gasteiger partial charge in [-0.15, -0.1) is 0 Å². The molecule has 0 saturated carbocycles. The van der Waals surface area contributed by atoms with Gasteiger partial charge in [-0.05, 0) is 42.4 Å². The summed E-state index contributed by atoms with van der Waals surface area (Å²) in [5.74, 6) is 0.742. The molecule has 4 rings (SSSR count). The Labute approximate surface area is 188 Å². The minimum Gasteiger partial charge on any atom is -0.497 e. The molecule has 0 aromatic heterocycles. The number of methoxy groups -OCH3 is 1. The molecule has 1 atom stereocenters. The zero-order valence-corrected chi connectivity index (χ0v) is 18.4. The van der Waals surface area contributed by atoms with Crippen molar-refractivity contribution < 1.29 is 9.66 Å². The van der Waals surface area contributed by atoms with Crippen molar-refractivity contribution in [2.75, 3.05) is 50.6 Å². The zero-order chi connectivity index (χ0) is 22.5. The molecular weight excluding hydrogens is 404 g/mol. The van der Waals surface area contributed by atoms with E-state index in [1.54, 1.807) is 13.2 Å². The molecule has 3 aromatic carbocycles. The van der Waals surface area contributed by atoms with Crippen LogP contribution >= 0.6 is 0 Å². The Kier molecular flexibility index (Phi) is 6.56. The third-order valence-electron chi connectivity index (χ3n) is 5.91. The Morgan fingerprint density at radius 1 is 0.938 bits per heavy atom. The number of hydrogen-bond donors (Lipinski definition) is 1. The number of anilines is 2. The number of rotatable bonds is 7. The van der Waals surface area contributed by atoms with E-state index < -0.39 is 0 Å². The van der Waals surface area contributed by atoms with E-state index in [0.717, 1.165) is 48.7 Å². The van der Waals surface area contributed by atoms with E-state index in [-0.39, 0.29) is 16.7 Å². The van der Waals surface area contributed by atoms with E-state index in [0.29, 0.717) is 5.69 Å². The van der Waals surface area contributed by atoms with E-state index in [9.17, 15) is 10.1 Å². The average molecular weight is 433 g/mol. The highest BCUT2D eigenvalue weighted by Gasteiger charge is 2.23. The van der Waals surface area contributed by atoms with Gasteiger partial charge in [0.2, 0.25) is 0 Å². The first-order valence-electron chi connectivity index (χ1n) is 10.7. The van der Waals surface area contributed by atoms with E-state index in [1.807, 2.05) is 66.7 Å². The fourth-order valence-corrected chi connectivity index (χ4v) is 4.04. The molecule has 1 unspecified atom stereocenters. The van der Waals surface area contributed by atoms with Gasteiger partial charge in [0.05, 0.1) is 18.1 Å². The lowest BCUT2D eigenvalue weighted by Gasteiger charge is -2.34. The fourth-order valence-electron chi connectivity index (χ4n) is 4.04. The summed E-state index contributed by atoms with van der Waals surface area (Å²) in [6.45, 7) is 3.73. The lowest BCUT2D eigenvalue weighted by atomic mass is 9.98. The van der Waals surface area contributed by atoms with E-state index in [2.05, 4.69) is 22.2 Å². The van der Waals surface area contributed by atoms with Crippen LogP contribution in [0.5, 0.6) is 5.75 Å². The van der Waals surface area contributed by atoms with Crippen LogP contribution in [0.3, 0.4) is 0 Å². The van der Waals surface area contributed by atoms with Crippen LogP contribution in [0.2, 0.25) is 0 Å². The second-order valence-electron chi connectivity index (χ2n) is 8.01. The number of benzene rings is 3. The molecule has 3 aromatic rings. The van der Waals surface area contributed by atoms with Crippen LogP contribution in [-0.4, -0.2) is 50.2 Å². The lowest BCUT2D eigenvalue weighted by molar-refractivity contribution is -0.384. The number of nitro benzene ring substituents is 1. The molecule has 1 heterocycles. The summed E-state index contributed by atoms with van der Waals surface area (Å²) in [4.78, 5) is 16.1. The molecular formula is C25H28N4O3. The minimum atomic E-state index is -0.330. The standard InChI is InChI=1S/C25H28N4O3/c1-27-13-15-28(16-14-27)21-11-12-24(29(30)31)23(18-21)26-25(19-7-4-3-5-8-19)20-9-6-10-22(17-20)32-2/h3-12,17-18,25-26H,13-16H2,1-2H3. The Morgan fingerprint density at radius 2 is 1.66 bits per heavy atom. The van der Waals surface area contributed by atoms with Crippen molar-refractivity contribution in [3.05, 3.63) is 94.0 Å². The van der Waals surface area contributed by atoms with Crippen molar-refractivity contribution in [1.29, 1.82) is 0 Å². The first kappa shape index (κ1) is 21.6. The van der Waals surface area contributed by atoms with Crippen molar-refractivity contribution in [3.8, 4) is 5.75 Å². The molecule has 1 aliphatic rings. The topological polar surface area (TPSA) is 70.9 Å². The Morgan fingerprint density at radius 3 is 2.34 bits per heavy atom. The number of nitrogens with zero attached hydrogens (tertiary/aromatic N) is 3. The molecule has 1 aliphatic heterocycles. The van der Waals surface area contributed by atoms with E-state index in [4.69, 9.17) is 4.74 Å². The minimum absolute atomic E-state index is 0.0618. The Balaban J connectivity index is 1.73. The van der Waals surface area contributed by atoms with Crippen LogP contribution in [-0.2, 0) is 0 Å². The van der Waals surface area contributed by atoms with Crippen molar-refractivity contribution in [1.82, 2.24) is 4.90 Å². The quantitative estimate of drug-likeness (QED) is 0.436. The summed E-state index contributed by atoms with van der Waals surface area (Å²) in [5.41, 5.74) is 3.54. The van der Waals surface area contributed by atoms with Gasteiger partial charge in [-0.3, -0.25) is 10.1 Å². The summed E-state index contributed by atoms with van der Waals surface area (Å²) in [7, 11) is 3.74. The van der Waals surface area contributed by atoms with Gasteiger partial charge < -0.3 is 19.9 Å². The van der Waals surface area contributed by atoms with Gasteiger partial charge in [-0.25, -0.2) is 0 Å². The molecule has 7 nitrogen and oxygen atoms in total. The first-order valence-corrected chi connectivity index (χ1v) is 10.7. The molecule has 166 valence electrons. The second kappa shape index (κ2) is 9.70. The van der Waals surface area contributed by atoms with Gasteiger partial charge in [0, 0.05) is 37.9 Å². The van der Waals surface area contributed by atoms with Gasteiger partial charge >= 0.3 is 0 Å². The van der Waals surface area contributed by atoms with Crippen LogP contribution in [0.15, 0.2) is 72.8 Å².